The first-order valence-corrected chi connectivity index (χ1v) is 9.43. The molecule has 1 aromatic carbocycles. The molecular formula is C18H19BrClN3O3. The SMILES string of the molecule is Cc1cc(Br)oc1C(=O)NCC(=O)N1CCN(c2cccc(Cl)c2)CC1. The van der Waals surface area contributed by atoms with Gasteiger partial charge in [0.25, 0.3) is 5.91 Å². The highest BCUT2D eigenvalue weighted by molar-refractivity contribution is 9.10. The molecule has 2 amide bonds. The fourth-order valence-electron chi connectivity index (χ4n) is 2.90. The average molecular weight is 441 g/mol. The first kappa shape index (κ1) is 18.8. The van der Waals surface area contributed by atoms with Crippen LogP contribution in [-0.4, -0.2) is 49.4 Å². The second kappa shape index (κ2) is 8.14. The van der Waals surface area contributed by atoms with Crippen LogP contribution in [0.3, 0.4) is 0 Å². The Balaban J connectivity index is 1.49. The van der Waals surface area contributed by atoms with Gasteiger partial charge in [-0.25, -0.2) is 0 Å². The summed E-state index contributed by atoms with van der Waals surface area (Å²) in [5.74, 6) is -0.276. The molecule has 26 heavy (non-hydrogen) atoms. The predicted molar refractivity (Wildman–Crippen MR) is 104 cm³/mol. The number of aryl methyl sites for hydroxylation is 1. The summed E-state index contributed by atoms with van der Waals surface area (Å²) in [6.07, 6.45) is 0. The van der Waals surface area contributed by atoms with E-state index < -0.39 is 0 Å². The molecule has 8 heteroatoms. The van der Waals surface area contributed by atoms with Gasteiger partial charge in [-0.05, 0) is 47.1 Å². The summed E-state index contributed by atoms with van der Waals surface area (Å²) < 4.78 is 5.78. The lowest BCUT2D eigenvalue weighted by Crippen LogP contribution is -2.51. The summed E-state index contributed by atoms with van der Waals surface area (Å²) in [7, 11) is 0. The van der Waals surface area contributed by atoms with Crippen molar-refractivity contribution in [1.29, 1.82) is 0 Å². The van der Waals surface area contributed by atoms with Crippen LogP contribution >= 0.6 is 27.5 Å². The zero-order valence-electron chi connectivity index (χ0n) is 14.3. The first-order valence-electron chi connectivity index (χ1n) is 8.26. The minimum Gasteiger partial charge on any atom is -0.444 e. The average Bonchev–Trinajstić information content (AvgIpc) is 2.98. The minimum absolute atomic E-state index is 0.0479. The number of halogens is 2. The standard InChI is InChI=1S/C18H19BrClN3O3/c1-12-9-15(19)26-17(12)18(25)21-11-16(24)23-7-5-22(6-8-23)14-4-2-3-13(20)10-14/h2-4,9-10H,5-8,11H2,1H3,(H,21,25). The van der Waals surface area contributed by atoms with Gasteiger partial charge in [-0.1, -0.05) is 17.7 Å². The Kier molecular flexibility index (Phi) is 5.88. The summed E-state index contributed by atoms with van der Waals surface area (Å²) in [5.41, 5.74) is 1.77. The van der Waals surface area contributed by atoms with E-state index in [0.717, 1.165) is 24.3 Å². The van der Waals surface area contributed by atoms with Crippen LogP contribution in [0.25, 0.3) is 0 Å². The fraction of sp³-hybridized carbons (Fsp3) is 0.333. The number of nitrogens with zero attached hydrogens (tertiary/aromatic N) is 2. The van der Waals surface area contributed by atoms with Crippen molar-refractivity contribution < 1.29 is 14.0 Å². The van der Waals surface area contributed by atoms with Gasteiger partial charge in [-0.2, -0.15) is 0 Å². The van der Waals surface area contributed by atoms with Gasteiger partial charge < -0.3 is 19.5 Å². The number of carbonyl (C=O) groups is 2. The first-order chi connectivity index (χ1) is 12.4. The molecule has 0 spiro atoms. The van der Waals surface area contributed by atoms with Gasteiger partial charge in [-0.3, -0.25) is 9.59 Å². The number of furan rings is 1. The molecular weight excluding hydrogens is 422 g/mol. The molecule has 1 N–H and O–H groups in total. The van der Waals surface area contributed by atoms with Crippen molar-refractivity contribution in [1.82, 2.24) is 10.2 Å². The van der Waals surface area contributed by atoms with Gasteiger partial charge in [0.05, 0.1) is 6.54 Å². The Hall–Kier alpha value is -1.99. The van der Waals surface area contributed by atoms with Crippen LogP contribution < -0.4 is 10.2 Å². The maximum Gasteiger partial charge on any atom is 0.287 e. The number of piperazine rings is 1. The number of hydrogen-bond acceptors (Lipinski definition) is 4. The summed E-state index contributed by atoms with van der Waals surface area (Å²) in [6, 6.07) is 9.40. The number of amides is 2. The quantitative estimate of drug-likeness (QED) is 0.793. The van der Waals surface area contributed by atoms with Crippen molar-refractivity contribution in [2.75, 3.05) is 37.6 Å². The van der Waals surface area contributed by atoms with E-state index in [1.807, 2.05) is 24.3 Å². The molecule has 6 nitrogen and oxygen atoms in total. The Labute approximate surface area is 165 Å². The van der Waals surface area contributed by atoms with Crippen LogP contribution in [0.4, 0.5) is 5.69 Å². The van der Waals surface area contributed by atoms with E-state index in [-0.39, 0.29) is 24.1 Å². The number of hydrogen-bond donors (Lipinski definition) is 1. The lowest BCUT2D eigenvalue weighted by Gasteiger charge is -2.36. The summed E-state index contributed by atoms with van der Waals surface area (Å²) in [4.78, 5) is 28.4. The number of benzene rings is 1. The van der Waals surface area contributed by atoms with Crippen LogP contribution in [0.5, 0.6) is 0 Å². The van der Waals surface area contributed by atoms with Crippen molar-refractivity contribution >= 4 is 45.0 Å². The Morgan fingerprint density at radius 2 is 1.96 bits per heavy atom. The highest BCUT2D eigenvalue weighted by atomic mass is 79.9. The van der Waals surface area contributed by atoms with Crippen molar-refractivity contribution in [3.8, 4) is 0 Å². The van der Waals surface area contributed by atoms with Crippen LogP contribution in [0.15, 0.2) is 39.4 Å². The largest absolute Gasteiger partial charge is 0.444 e. The third-order valence-electron chi connectivity index (χ3n) is 4.30. The Morgan fingerprint density at radius 1 is 1.23 bits per heavy atom. The minimum atomic E-state index is -0.390. The number of anilines is 1. The molecule has 1 aliphatic rings. The van der Waals surface area contributed by atoms with E-state index in [4.69, 9.17) is 16.0 Å². The lowest BCUT2D eigenvalue weighted by atomic mass is 10.2. The molecule has 2 heterocycles. The molecule has 1 saturated heterocycles. The maximum absolute atomic E-state index is 12.4. The number of nitrogens with one attached hydrogen (secondary N) is 1. The van der Waals surface area contributed by atoms with Crippen molar-refractivity contribution in [3.05, 3.63) is 51.3 Å². The number of rotatable bonds is 4. The van der Waals surface area contributed by atoms with E-state index in [1.165, 1.54) is 0 Å². The highest BCUT2D eigenvalue weighted by Crippen LogP contribution is 2.21. The van der Waals surface area contributed by atoms with Gasteiger partial charge in [0, 0.05) is 42.5 Å². The Morgan fingerprint density at radius 3 is 2.58 bits per heavy atom. The predicted octanol–water partition coefficient (Wildman–Crippen LogP) is 3.08. The molecule has 0 bridgehead atoms. The van der Waals surface area contributed by atoms with Crippen LogP contribution in [0.1, 0.15) is 16.1 Å². The molecule has 0 radical (unpaired) electrons. The third-order valence-corrected chi connectivity index (χ3v) is 4.93. The van der Waals surface area contributed by atoms with E-state index in [9.17, 15) is 9.59 Å². The molecule has 0 unspecified atom stereocenters. The maximum atomic E-state index is 12.4. The molecule has 138 valence electrons. The molecule has 1 aromatic heterocycles. The van der Waals surface area contributed by atoms with E-state index >= 15 is 0 Å². The fourth-order valence-corrected chi connectivity index (χ4v) is 3.59. The molecule has 2 aromatic rings. The zero-order chi connectivity index (χ0) is 18.7. The molecule has 3 rings (SSSR count). The van der Waals surface area contributed by atoms with Gasteiger partial charge in [0.2, 0.25) is 5.91 Å². The summed E-state index contributed by atoms with van der Waals surface area (Å²) in [5, 5.41) is 3.32. The summed E-state index contributed by atoms with van der Waals surface area (Å²) >= 11 is 9.22. The van der Waals surface area contributed by atoms with E-state index in [2.05, 4.69) is 26.1 Å². The third kappa shape index (κ3) is 4.40. The van der Waals surface area contributed by atoms with Crippen LogP contribution in [0, 0.1) is 6.92 Å². The summed E-state index contributed by atoms with van der Waals surface area (Å²) in [6.45, 7) is 4.39. The molecule has 1 aliphatic heterocycles. The van der Waals surface area contributed by atoms with Gasteiger partial charge in [0.1, 0.15) is 0 Å². The highest BCUT2D eigenvalue weighted by Gasteiger charge is 2.22. The van der Waals surface area contributed by atoms with Crippen molar-refractivity contribution in [3.63, 3.8) is 0 Å². The second-order valence-electron chi connectivity index (χ2n) is 6.09. The molecule has 0 saturated carbocycles. The normalized spacial score (nSPS) is 14.4. The van der Waals surface area contributed by atoms with Crippen molar-refractivity contribution in [2.24, 2.45) is 0 Å². The van der Waals surface area contributed by atoms with Crippen LogP contribution in [-0.2, 0) is 4.79 Å². The monoisotopic (exact) mass is 439 g/mol. The second-order valence-corrected chi connectivity index (χ2v) is 7.31. The smallest absolute Gasteiger partial charge is 0.287 e. The molecule has 0 aliphatic carbocycles. The zero-order valence-corrected chi connectivity index (χ0v) is 16.6. The van der Waals surface area contributed by atoms with Crippen LogP contribution in [0.2, 0.25) is 5.02 Å². The molecule has 0 atom stereocenters. The van der Waals surface area contributed by atoms with E-state index in [1.54, 1.807) is 17.9 Å². The van der Waals surface area contributed by atoms with Gasteiger partial charge in [-0.15, -0.1) is 0 Å². The van der Waals surface area contributed by atoms with Crippen molar-refractivity contribution in [2.45, 2.75) is 6.92 Å². The van der Waals surface area contributed by atoms with Gasteiger partial charge >= 0.3 is 0 Å². The van der Waals surface area contributed by atoms with E-state index in [0.29, 0.717) is 22.8 Å². The van der Waals surface area contributed by atoms with Gasteiger partial charge in [0.15, 0.2) is 10.4 Å². The molecule has 1 fully saturated rings. The lowest BCUT2D eigenvalue weighted by molar-refractivity contribution is -0.130. The number of carbonyl (C=O) groups excluding carboxylic acids is 2. The topological polar surface area (TPSA) is 65.8 Å². The Bertz CT molecular complexity index is 816.